The lowest BCUT2D eigenvalue weighted by Crippen LogP contribution is -2.11. The number of hydrogen-bond acceptors (Lipinski definition) is 7. The van der Waals surface area contributed by atoms with E-state index >= 15 is 0 Å². The van der Waals surface area contributed by atoms with E-state index in [9.17, 15) is 13.2 Å². The highest BCUT2D eigenvalue weighted by molar-refractivity contribution is 7.99. The Bertz CT molecular complexity index is 1260. The van der Waals surface area contributed by atoms with Gasteiger partial charge >= 0.3 is 0 Å². The van der Waals surface area contributed by atoms with Crippen LogP contribution in [-0.2, 0) is 14.6 Å². The smallest absolute Gasteiger partial charge is 0.226 e. The number of hydrogen-bond donors (Lipinski definition) is 2. The zero-order chi connectivity index (χ0) is 20.4. The van der Waals surface area contributed by atoms with Crippen molar-refractivity contribution in [2.75, 3.05) is 17.3 Å². The van der Waals surface area contributed by atoms with Crippen LogP contribution in [-0.4, -0.2) is 41.3 Å². The largest absolute Gasteiger partial charge is 0.333 e. The Balaban J connectivity index is 1.30. The summed E-state index contributed by atoms with van der Waals surface area (Å²) in [5.74, 6) is 0.655. The number of carbonyl (C=O) groups is 1. The molecule has 2 N–H and O–H groups in total. The maximum atomic E-state index is 12.2. The van der Waals surface area contributed by atoms with Crippen molar-refractivity contribution in [2.45, 2.75) is 22.9 Å². The second-order valence-corrected chi connectivity index (χ2v) is 10.6. The van der Waals surface area contributed by atoms with Gasteiger partial charge in [-0.25, -0.2) is 18.4 Å². The molecule has 0 bridgehead atoms. The van der Waals surface area contributed by atoms with E-state index in [1.807, 2.05) is 24.3 Å². The molecule has 0 spiro atoms. The lowest BCUT2D eigenvalue weighted by Gasteiger charge is -2.00. The van der Waals surface area contributed by atoms with Crippen LogP contribution >= 0.6 is 23.1 Å². The molecule has 2 aromatic heterocycles. The molecule has 0 unspecified atom stereocenters. The highest BCUT2D eigenvalue weighted by Crippen LogP contribution is 2.28. The van der Waals surface area contributed by atoms with E-state index in [-0.39, 0.29) is 10.8 Å². The van der Waals surface area contributed by atoms with Gasteiger partial charge in [0.05, 0.1) is 26.1 Å². The summed E-state index contributed by atoms with van der Waals surface area (Å²) in [5.41, 5.74) is 2.60. The van der Waals surface area contributed by atoms with E-state index in [2.05, 4.69) is 20.3 Å². The first-order valence-electron chi connectivity index (χ1n) is 8.86. The van der Waals surface area contributed by atoms with Crippen LogP contribution in [0.1, 0.15) is 12.8 Å². The van der Waals surface area contributed by atoms with Crippen molar-refractivity contribution < 1.29 is 13.2 Å². The average Bonchev–Trinajstić information content (AvgIpc) is 3.26. The Morgan fingerprint density at radius 3 is 2.79 bits per heavy atom. The third kappa shape index (κ3) is 4.77. The van der Waals surface area contributed by atoms with Gasteiger partial charge in [-0.2, -0.15) is 0 Å². The fraction of sp³-hybridized carbons (Fsp3) is 0.211. The van der Waals surface area contributed by atoms with Gasteiger partial charge in [-0.15, -0.1) is 0 Å². The first kappa shape index (κ1) is 19.9. The van der Waals surface area contributed by atoms with Crippen molar-refractivity contribution in [1.29, 1.82) is 0 Å². The maximum Gasteiger partial charge on any atom is 0.226 e. The van der Waals surface area contributed by atoms with Gasteiger partial charge < -0.3 is 10.3 Å². The lowest BCUT2D eigenvalue weighted by molar-refractivity contribution is -0.116. The zero-order valence-corrected chi connectivity index (χ0v) is 18.0. The zero-order valence-electron chi connectivity index (χ0n) is 15.5. The number of aromatic amines is 1. The van der Waals surface area contributed by atoms with Gasteiger partial charge in [-0.05, 0) is 36.8 Å². The first-order chi connectivity index (χ1) is 13.9. The second kappa shape index (κ2) is 8.13. The molecule has 0 atom stereocenters. The third-order valence-electron chi connectivity index (χ3n) is 4.19. The summed E-state index contributed by atoms with van der Waals surface area (Å²) in [6, 6.07) is 12.6. The van der Waals surface area contributed by atoms with Gasteiger partial charge in [-0.3, -0.25) is 4.79 Å². The number of nitrogens with zero attached hydrogens (tertiary/aromatic N) is 2. The molecule has 4 aromatic rings. The molecule has 150 valence electrons. The van der Waals surface area contributed by atoms with Crippen LogP contribution in [0.15, 0.2) is 52.5 Å². The Labute approximate surface area is 175 Å². The minimum absolute atomic E-state index is 0.113. The van der Waals surface area contributed by atoms with E-state index in [1.54, 1.807) is 23.9 Å². The van der Waals surface area contributed by atoms with Crippen molar-refractivity contribution >= 4 is 65.2 Å². The summed E-state index contributed by atoms with van der Waals surface area (Å²) >= 11 is 2.85. The number of nitrogens with one attached hydrogen (secondary N) is 2. The van der Waals surface area contributed by atoms with E-state index in [0.717, 1.165) is 26.6 Å². The van der Waals surface area contributed by atoms with Crippen molar-refractivity contribution in [3.05, 3.63) is 42.5 Å². The molecule has 2 aromatic carbocycles. The highest BCUT2D eigenvalue weighted by Gasteiger charge is 2.12. The molecule has 1 amide bonds. The summed E-state index contributed by atoms with van der Waals surface area (Å²) in [5, 5.41) is 4.12. The molecule has 29 heavy (non-hydrogen) atoms. The summed E-state index contributed by atoms with van der Waals surface area (Å²) in [6.45, 7) is 0. The minimum atomic E-state index is -3.27. The molecular weight excluding hydrogens is 428 g/mol. The predicted molar refractivity (Wildman–Crippen MR) is 117 cm³/mol. The number of amides is 1. The van der Waals surface area contributed by atoms with Crippen molar-refractivity contribution in [3.63, 3.8) is 0 Å². The van der Waals surface area contributed by atoms with E-state index < -0.39 is 9.84 Å². The summed E-state index contributed by atoms with van der Waals surface area (Å²) < 4.78 is 24.1. The van der Waals surface area contributed by atoms with Gasteiger partial charge in [0.25, 0.3) is 0 Å². The van der Waals surface area contributed by atoms with E-state index in [1.165, 1.54) is 23.7 Å². The Morgan fingerprint density at radius 2 is 2.00 bits per heavy atom. The standard InChI is InChI=1S/C19H18N4O3S3/c1-29(25,26)12-8-9-15-16(11-12)28-19(22-15)23-17(24)7-4-10-27-18-20-13-5-2-3-6-14(13)21-18/h2-3,5-6,8-9,11H,4,7,10H2,1H3,(H,20,21)(H,22,23,24). The topological polar surface area (TPSA) is 105 Å². The number of thioether (sulfide) groups is 1. The van der Waals surface area contributed by atoms with E-state index in [4.69, 9.17) is 0 Å². The molecule has 0 saturated carbocycles. The number of anilines is 1. The van der Waals surface area contributed by atoms with Crippen LogP contribution in [0.5, 0.6) is 0 Å². The number of imidazole rings is 1. The normalized spacial score (nSPS) is 11.9. The number of carbonyl (C=O) groups excluding carboxylic acids is 1. The van der Waals surface area contributed by atoms with Gasteiger partial charge in [0.2, 0.25) is 5.91 Å². The number of thiazole rings is 1. The number of rotatable bonds is 7. The molecule has 0 aliphatic carbocycles. The SMILES string of the molecule is CS(=O)(=O)c1ccc2nc(NC(=O)CCCSc3nc4ccccc4[nH]3)sc2c1. The van der Waals surface area contributed by atoms with Gasteiger partial charge in [0, 0.05) is 18.4 Å². The van der Waals surface area contributed by atoms with Crippen LogP contribution in [0.4, 0.5) is 5.13 Å². The number of aromatic nitrogens is 3. The summed E-state index contributed by atoms with van der Waals surface area (Å²) in [6.07, 6.45) is 2.25. The molecule has 2 heterocycles. The average molecular weight is 447 g/mol. The van der Waals surface area contributed by atoms with Crippen molar-refractivity contribution in [1.82, 2.24) is 15.0 Å². The van der Waals surface area contributed by atoms with Crippen LogP contribution < -0.4 is 5.32 Å². The molecule has 0 saturated heterocycles. The summed E-state index contributed by atoms with van der Waals surface area (Å²) in [7, 11) is -3.27. The lowest BCUT2D eigenvalue weighted by atomic mass is 10.3. The molecule has 4 rings (SSSR count). The second-order valence-electron chi connectivity index (χ2n) is 6.48. The Morgan fingerprint density at radius 1 is 1.17 bits per heavy atom. The minimum Gasteiger partial charge on any atom is -0.333 e. The maximum absolute atomic E-state index is 12.2. The van der Waals surface area contributed by atoms with Gasteiger partial charge in [0.15, 0.2) is 20.1 Å². The molecule has 0 aliphatic heterocycles. The molecule has 7 nitrogen and oxygen atoms in total. The van der Waals surface area contributed by atoms with Crippen molar-refractivity contribution in [3.8, 4) is 0 Å². The summed E-state index contributed by atoms with van der Waals surface area (Å²) in [4.78, 5) is 24.5. The van der Waals surface area contributed by atoms with Crippen LogP contribution in [0.3, 0.4) is 0 Å². The molecule has 10 heteroatoms. The molecule has 0 aliphatic rings. The van der Waals surface area contributed by atoms with Crippen LogP contribution in [0.25, 0.3) is 21.3 Å². The number of H-pyrrole nitrogens is 1. The quantitative estimate of drug-likeness (QED) is 0.327. The van der Waals surface area contributed by atoms with Crippen LogP contribution in [0, 0.1) is 0 Å². The monoisotopic (exact) mass is 446 g/mol. The first-order valence-corrected chi connectivity index (χ1v) is 12.6. The number of para-hydroxylation sites is 2. The van der Waals surface area contributed by atoms with E-state index in [0.29, 0.717) is 23.5 Å². The van der Waals surface area contributed by atoms with Gasteiger partial charge in [0.1, 0.15) is 0 Å². The number of sulfone groups is 1. The van der Waals surface area contributed by atoms with Crippen molar-refractivity contribution in [2.24, 2.45) is 0 Å². The Kier molecular flexibility index (Phi) is 5.57. The number of fused-ring (bicyclic) bond motifs is 2. The fourth-order valence-corrected chi connectivity index (χ4v) is 5.24. The molecule has 0 fully saturated rings. The van der Waals surface area contributed by atoms with Gasteiger partial charge in [-0.1, -0.05) is 35.2 Å². The Hall–Kier alpha value is -2.43. The predicted octanol–water partition coefficient (Wildman–Crippen LogP) is 4.09. The van der Waals surface area contributed by atoms with Crippen LogP contribution in [0.2, 0.25) is 0 Å². The third-order valence-corrected chi connectivity index (χ3v) is 7.19. The fourth-order valence-electron chi connectivity index (χ4n) is 2.77. The molecule has 0 radical (unpaired) electrons. The highest BCUT2D eigenvalue weighted by atomic mass is 32.2. The molecular formula is C19H18N4O3S3. The number of benzene rings is 2.